The molecular formula is C17H22BrNO2. The Bertz CT molecular complexity index is 505. The van der Waals surface area contributed by atoms with Gasteiger partial charge in [0.1, 0.15) is 5.75 Å². The maximum Gasteiger partial charge on any atom is 0.230 e. The zero-order chi connectivity index (χ0) is 14.7. The van der Waals surface area contributed by atoms with E-state index in [1.54, 1.807) is 0 Å². The molecule has 21 heavy (non-hydrogen) atoms. The van der Waals surface area contributed by atoms with E-state index in [4.69, 9.17) is 4.74 Å². The van der Waals surface area contributed by atoms with Gasteiger partial charge in [-0.1, -0.05) is 34.1 Å². The van der Waals surface area contributed by atoms with Gasteiger partial charge in [-0.3, -0.25) is 4.79 Å². The summed E-state index contributed by atoms with van der Waals surface area (Å²) in [6.07, 6.45) is 5.35. The number of benzene rings is 1. The second-order valence-electron chi connectivity index (χ2n) is 5.89. The number of ether oxygens (including phenoxy) is 1. The number of para-hydroxylation sites is 1. The summed E-state index contributed by atoms with van der Waals surface area (Å²) in [5.74, 6) is 1.18. The van der Waals surface area contributed by atoms with Crippen molar-refractivity contribution in [2.45, 2.75) is 44.1 Å². The molecule has 3 nitrogen and oxygen atoms in total. The van der Waals surface area contributed by atoms with E-state index >= 15 is 0 Å². The molecule has 0 saturated carbocycles. The summed E-state index contributed by atoms with van der Waals surface area (Å²) >= 11 is 3.49. The fourth-order valence-electron chi connectivity index (χ4n) is 3.54. The molecule has 0 spiro atoms. The number of rotatable bonds is 4. The summed E-state index contributed by atoms with van der Waals surface area (Å²) in [6, 6.07) is 8.42. The number of hydrogen-bond acceptors (Lipinski definition) is 2. The van der Waals surface area contributed by atoms with Crippen LogP contribution < -0.4 is 4.74 Å². The molecule has 1 aromatic rings. The number of hydrogen-bond donors (Lipinski definition) is 0. The molecule has 0 aliphatic carbocycles. The molecule has 2 atom stereocenters. The van der Waals surface area contributed by atoms with E-state index in [9.17, 15) is 4.79 Å². The molecule has 1 saturated heterocycles. The van der Waals surface area contributed by atoms with Crippen molar-refractivity contribution in [3.05, 3.63) is 29.8 Å². The number of nitrogens with zero attached hydrogens (tertiary/aromatic N) is 1. The molecule has 2 aliphatic rings. The van der Waals surface area contributed by atoms with Gasteiger partial charge in [0.05, 0.1) is 12.5 Å². The maximum atomic E-state index is 13.0. The lowest BCUT2D eigenvalue weighted by Gasteiger charge is -2.32. The first kappa shape index (κ1) is 14.9. The highest BCUT2D eigenvalue weighted by molar-refractivity contribution is 9.09. The lowest BCUT2D eigenvalue weighted by atomic mass is 9.91. The van der Waals surface area contributed by atoms with E-state index in [1.165, 1.54) is 0 Å². The summed E-state index contributed by atoms with van der Waals surface area (Å²) in [4.78, 5) is 15.1. The fourth-order valence-corrected chi connectivity index (χ4v) is 3.86. The number of carbonyl (C=O) groups is 1. The highest BCUT2D eigenvalue weighted by Gasteiger charge is 2.35. The Morgan fingerprint density at radius 2 is 2.19 bits per heavy atom. The minimum absolute atomic E-state index is 0.0143. The lowest BCUT2D eigenvalue weighted by molar-refractivity contribution is -0.134. The second kappa shape index (κ2) is 6.82. The quantitative estimate of drug-likeness (QED) is 0.773. The van der Waals surface area contributed by atoms with Crippen LogP contribution in [0.5, 0.6) is 5.75 Å². The average Bonchev–Trinajstić information content (AvgIpc) is 3.00. The highest BCUT2D eigenvalue weighted by atomic mass is 79.9. The van der Waals surface area contributed by atoms with Crippen LogP contribution in [0.3, 0.4) is 0 Å². The van der Waals surface area contributed by atoms with Crippen LogP contribution in [0.15, 0.2) is 24.3 Å². The van der Waals surface area contributed by atoms with Crippen LogP contribution in [-0.2, 0) is 4.79 Å². The topological polar surface area (TPSA) is 29.5 Å². The first-order valence-electron chi connectivity index (χ1n) is 7.89. The fraction of sp³-hybridized carbons (Fsp3) is 0.588. The van der Waals surface area contributed by atoms with Gasteiger partial charge in [0.2, 0.25) is 5.91 Å². The number of fused-ring (bicyclic) bond motifs is 1. The second-order valence-corrected chi connectivity index (χ2v) is 6.68. The van der Waals surface area contributed by atoms with Crippen LogP contribution in [0, 0.1) is 0 Å². The molecule has 0 radical (unpaired) electrons. The van der Waals surface area contributed by atoms with Crippen molar-refractivity contribution in [3.63, 3.8) is 0 Å². The summed E-state index contributed by atoms with van der Waals surface area (Å²) in [5, 5.41) is 1.02. The first-order chi connectivity index (χ1) is 10.3. The standard InChI is InChI=1S/C17H22BrNO2/c18-10-3-5-13-6-4-11-19(13)17(20)15-9-12-21-16-8-2-1-7-14(15)16/h1-2,7-8,13,15H,3-6,9-12H2. The van der Waals surface area contributed by atoms with Gasteiger partial charge in [0, 0.05) is 23.5 Å². The van der Waals surface area contributed by atoms with E-state index in [0.717, 1.165) is 55.3 Å². The molecule has 2 heterocycles. The number of carbonyl (C=O) groups excluding carboxylic acids is 1. The van der Waals surface area contributed by atoms with Crippen molar-refractivity contribution in [3.8, 4) is 5.75 Å². The molecule has 114 valence electrons. The lowest BCUT2D eigenvalue weighted by Crippen LogP contribution is -2.40. The average molecular weight is 352 g/mol. The predicted molar refractivity (Wildman–Crippen MR) is 87.1 cm³/mol. The molecule has 1 aromatic carbocycles. The van der Waals surface area contributed by atoms with Crippen LogP contribution >= 0.6 is 15.9 Å². The van der Waals surface area contributed by atoms with E-state index in [1.807, 2.05) is 24.3 Å². The van der Waals surface area contributed by atoms with Crippen LogP contribution in [0.1, 0.15) is 43.6 Å². The summed E-state index contributed by atoms with van der Waals surface area (Å²) in [7, 11) is 0. The van der Waals surface area contributed by atoms with Crippen LogP contribution in [0.25, 0.3) is 0 Å². The van der Waals surface area contributed by atoms with E-state index in [-0.39, 0.29) is 5.92 Å². The molecular weight excluding hydrogens is 330 g/mol. The van der Waals surface area contributed by atoms with E-state index < -0.39 is 0 Å². The number of alkyl halides is 1. The van der Waals surface area contributed by atoms with Crippen molar-refractivity contribution >= 4 is 21.8 Å². The zero-order valence-electron chi connectivity index (χ0n) is 12.3. The minimum Gasteiger partial charge on any atom is -0.493 e. The summed E-state index contributed by atoms with van der Waals surface area (Å²) in [5.41, 5.74) is 1.07. The van der Waals surface area contributed by atoms with Gasteiger partial charge in [0.15, 0.2) is 0 Å². The molecule has 0 bridgehead atoms. The Morgan fingerprint density at radius 3 is 3.05 bits per heavy atom. The number of likely N-dealkylation sites (tertiary alicyclic amines) is 1. The van der Waals surface area contributed by atoms with Crippen molar-refractivity contribution in [1.82, 2.24) is 4.90 Å². The zero-order valence-corrected chi connectivity index (χ0v) is 13.8. The Balaban J connectivity index is 1.76. The third-order valence-electron chi connectivity index (χ3n) is 4.59. The number of amides is 1. The van der Waals surface area contributed by atoms with E-state index in [0.29, 0.717) is 18.6 Å². The maximum absolute atomic E-state index is 13.0. The van der Waals surface area contributed by atoms with Crippen molar-refractivity contribution in [2.24, 2.45) is 0 Å². The first-order valence-corrected chi connectivity index (χ1v) is 9.01. The van der Waals surface area contributed by atoms with Gasteiger partial charge < -0.3 is 9.64 Å². The van der Waals surface area contributed by atoms with Gasteiger partial charge in [-0.2, -0.15) is 0 Å². The smallest absolute Gasteiger partial charge is 0.230 e. The van der Waals surface area contributed by atoms with E-state index in [2.05, 4.69) is 20.8 Å². The van der Waals surface area contributed by atoms with Crippen LogP contribution in [-0.4, -0.2) is 35.3 Å². The molecule has 2 aliphatic heterocycles. The third kappa shape index (κ3) is 3.10. The SMILES string of the molecule is O=C(C1CCOc2ccccc21)N1CCCC1CCCBr. The highest BCUT2D eigenvalue weighted by Crippen LogP contribution is 2.36. The molecule has 1 fully saturated rings. The monoisotopic (exact) mass is 351 g/mol. The van der Waals surface area contributed by atoms with Gasteiger partial charge in [0.25, 0.3) is 0 Å². The van der Waals surface area contributed by atoms with Crippen molar-refractivity contribution < 1.29 is 9.53 Å². The molecule has 4 heteroatoms. The molecule has 3 rings (SSSR count). The Hall–Kier alpha value is -1.03. The molecule has 0 aromatic heterocycles. The van der Waals surface area contributed by atoms with Gasteiger partial charge in [-0.25, -0.2) is 0 Å². The normalized spacial score (nSPS) is 24.5. The Morgan fingerprint density at radius 1 is 1.33 bits per heavy atom. The van der Waals surface area contributed by atoms with Crippen LogP contribution in [0.4, 0.5) is 0 Å². The van der Waals surface area contributed by atoms with Gasteiger partial charge in [-0.05, 0) is 38.2 Å². The Labute approximate surface area is 134 Å². The Kier molecular flexibility index (Phi) is 4.84. The summed E-state index contributed by atoms with van der Waals surface area (Å²) < 4.78 is 5.68. The third-order valence-corrected chi connectivity index (χ3v) is 5.15. The van der Waals surface area contributed by atoms with Gasteiger partial charge >= 0.3 is 0 Å². The molecule has 1 amide bonds. The molecule has 2 unspecified atom stereocenters. The molecule has 0 N–H and O–H groups in total. The van der Waals surface area contributed by atoms with Crippen LogP contribution in [0.2, 0.25) is 0 Å². The van der Waals surface area contributed by atoms with Gasteiger partial charge in [-0.15, -0.1) is 0 Å². The van der Waals surface area contributed by atoms with Crippen molar-refractivity contribution in [2.75, 3.05) is 18.5 Å². The largest absolute Gasteiger partial charge is 0.493 e. The number of halogens is 1. The summed E-state index contributed by atoms with van der Waals surface area (Å²) in [6.45, 7) is 1.57. The minimum atomic E-state index is -0.0143. The van der Waals surface area contributed by atoms with Crippen molar-refractivity contribution in [1.29, 1.82) is 0 Å². The predicted octanol–water partition coefficient (Wildman–Crippen LogP) is 3.72.